The molecule has 0 aliphatic carbocycles. The number of hydrogen-bond donors (Lipinski definition) is 0. The third-order valence-electron chi connectivity index (χ3n) is 7.07. The van der Waals surface area contributed by atoms with Crippen LogP contribution in [-0.2, 0) is 7.05 Å². The van der Waals surface area contributed by atoms with Crippen molar-refractivity contribution in [3.05, 3.63) is 109 Å². The Morgan fingerprint density at radius 1 is 0.706 bits per heavy atom. The fourth-order valence-corrected chi connectivity index (χ4v) is 5.44. The Hall–Kier alpha value is -4.37. The van der Waals surface area contributed by atoms with Crippen molar-refractivity contribution >= 4 is 43.7 Å². The fourth-order valence-electron chi connectivity index (χ4n) is 5.44. The van der Waals surface area contributed by atoms with Gasteiger partial charge in [0.2, 0.25) is 11.2 Å². The van der Waals surface area contributed by atoms with Crippen molar-refractivity contribution in [2.45, 2.75) is 6.92 Å². The van der Waals surface area contributed by atoms with Crippen LogP contribution in [0.2, 0.25) is 0 Å². The van der Waals surface area contributed by atoms with Gasteiger partial charge in [-0.15, -0.1) is 0 Å². The molecule has 34 heavy (non-hydrogen) atoms. The topological polar surface area (TPSA) is 21.9 Å². The van der Waals surface area contributed by atoms with E-state index in [0.717, 1.165) is 16.7 Å². The first-order chi connectivity index (χ1) is 16.7. The molecule has 0 fully saturated rings. The summed E-state index contributed by atoms with van der Waals surface area (Å²) in [4.78, 5) is 0. The summed E-state index contributed by atoms with van der Waals surface area (Å²) in [6.07, 6.45) is 1.76. The molecule has 3 nitrogen and oxygen atoms in total. The molecule has 0 unspecified atom stereocenters. The zero-order valence-electron chi connectivity index (χ0n) is 19.1. The smallest absolute Gasteiger partial charge is 0.215 e. The van der Waals surface area contributed by atoms with Crippen molar-refractivity contribution in [2.24, 2.45) is 7.05 Å². The van der Waals surface area contributed by atoms with Gasteiger partial charge in [-0.2, -0.15) is 4.57 Å². The predicted molar refractivity (Wildman–Crippen MR) is 139 cm³/mol. The van der Waals surface area contributed by atoms with Crippen LogP contribution in [0.4, 0.5) is 0 Å². The molecule has 3 aromatic heterocycles. The van der Waals surface area contributed by atoms with Crippen molar-refractivity contribution in [2.75, 3.05) is 0 Å². The van der Waals surface area contributed by atoms with Crippen molar-refractivity contribution in [1.82, 2.24) is 4.57 Å². The molecule has 162 valence electrons. The van der Waals surface area contributed by atoms with E-state index in [1.54, 1.807) is 6.26 Å². The lowest BCUT2D eigenvalue weighted by molar-refractivity contribution is -0.633. The highest BCUT2D eigenvalue weighted by Crippen LogP contribution is 2.36. The van der Waals surface area contributed by atoms with E-state index in [1.165, 1.54) is 49.5 Å². The van der Waals surface area contributed by atoms with E-state index in [-0.39, 0.29) is 0 Å². The van der Waals surface area contributed by atoms with Crippen LogP contribution in [0.15, 0.2) is 108 Å². The van der Waals surface area contributed by atoms with Gasteiger partial charge in [-0.25, -0.2) is 0 Å². The third-order valence-corrected chi connectivity index (χ3v) is 7.07. The van der Waals surface area contributed by atoms with E-state index in [2.05, 4.69) is 114 Å². The summed E-state index contributed by atoms with van der Waals surface area (Å²) in [6.45, 7) is 2.18. The van der Waals surface area contributed by atoms with E-state index < -0.39 is 0 Å². The Balaban J connectivity index is 1.65. The van der Waals surface area contributed by atoms with Crippen molar-refractivity contribution < 1.29 is 8.98 Å². The zero-order valence-corrected chi connectivity index (χ0v) is 19.1. The van der Waals surface area contributed by atoms with E-state index in [9.17, 15) is 0 Å². The molecule has 3 heteroatoms. The Bertz CT molecular complexity index is 1830. The number of para-hydroxylation sites is 3. The number of pyridine rings is 1. The minimum Gasteiger partial charge on any atom is -0.464 e. The van der Waals surface area contributed by atoms with E-state index >= 15 is 0 Å². The van der Waals surface area contributed by atoms with Gasteiger partial charge >= 0.3 is 0 Å². The summed E-state index contributed by atoms with van der Waals surface area (Å²) >= 11 is 0. The first-order valence-corrected chi connectivity index (χ1v) is 11.6. The average molecular weight is 440 g/mol. The van der Waals surface area contributed by atoms with Gasteiger partial charge in [-0.1, -0.05) is 48.5 Å². The maximum atomic E-state index is 5.77. The summed E-state index contributed by atoms with van der Waals surface area (Å²) in [5, 5.41) is 4.89. The van der Waals surface area contributed by atoms with Crippen LogP contribution in [0.25, 0.3) is 60.6 Å². The molecule has 0 spiro atoms. The highest BCUT2D eigenvalue weighted by molar-refractivity contribution is 6.10. The van der Waals surface area contributed by atoms with Gasteiger partial charge in [0.05, 0.1) is 33.9 Å². The number of aromatic nitrogens is 2. The van der Waals surface area contributed by atoms with Crippen LogP contribution >= 0.6 is 0 Å². The highest BCUT2D eigenvalue weighted by atomic mass is 16.3. The molecule has 0 aliphatic heterocycles. The monoisotopic (exact) mass is 439 g/mol. The lowest BCUT2D eigenvalue weighted by atomic mass is 10.0. The normalized spacial score (nSPS) is 11.8. The van der Waals surface area contributed by atoms with Gasteiger partial charge in [0.25, 0.3) is 0 Å². The molecule has 3 heterocycles. The minimum atomic E-state index is 0.909. The third kappa shape index (κ3) is 2.61. The standard InChI is InChI=1S/C31H23N2O/c1-20-17-21-15-16-34-31(21)18-25(20)29-19-30(24-11-5-6-12-26(24)32(29)2)33-27-13-7-3-9-22(27)23-10-4-8-14-28(23)33/h3-19H,1-2H3/q+1. The van der Waals surface area contributed by atoms with E-state index in [1.807, 2.05) is 6.07 Å². The second-order valence-electron chi connectivity index (χ2n) is 8.99. The highest BCUT2D eigenvalue weighted by Gasteiger charge is 2.23. The molecule has 0 aliphatic rings. The number of hydrogen-bond acceptors (Lipinski definition) is 1. The van der Waals surface area contributed by atoms with Gasteiger partial charge in [-0.05, 0) is 48.9 Å². The van der Waals surface area contributed by atoms with Crippen molar-refractivity contribution in [3.8, 4) is 16.9 Å². The van der Waals surface area contributed by atoms with Crippen LogP contribution < -0.4 is 4.57 Å². The number of nitrogens with zero attached hydrogens (tertiary/aromatic N) is 2. The molecule has 0 saturated heterocycles. The maximum absolute atomic E-state index is 5.77. The van der Waals surface area contributed by atoms with Gasteiger partial charge < -0.3 is 8.98 Å². The second-order valence-corrected chi connectivity index (χ2v) is 8.99. The van der Waals surface area contributed by atoms with E-state index in [4.69, 9.17) is 4.42 Å². The Morgan fingerprint density at radius 2 is 1.35 bits per heavy atom. The summed E-state index contributed by atoms with van der Waals surface area (Å²) in [5.41, 5.74) is 9.28. The molecule has 0 saturated carbocycles. The molecule has 0 atom stereocenters. The number of rotatable bonds is 2. The van der Waals surface area contributed by atoms with Crippen molar-refractivity contribution in [1.29, 1.82) is 0 Å². The van der Waals surface area contributed by atoms with Crippen LogP contribution in [0.3, 0.4) is 0 Å². The van der Waals surface area contributed by atoms with E-state index in [0.29, 0.717) is 0 Å². The Kier molecular flexibility index (Phi) is 3.97. The first-order valence-electron chi connectivity index (χ1n) is 11.6. The number of furan rings is 1. The van der Waals surface area contributed by atoms with Gasteiger partial charge in [0.15, 0.2) is 0 Å². The summed E-state index contributed by atoms with van der Waals surface area (Å²) in [6, 6.07) is 34.8. The van der Waals surface area contributed by atoms with Crippen LogP contribution in [0.5, 0.6) is 0 Å². The van der Waals surface area contributed by atoms with Crippen LogP contribution in [-0.4, -0.2) is 4.57 Å². The molecule has 4 aromatic carbocycles. The summed E-state index contributed by atoms with van der Waals surface area (Å²) in [7, 11) is 2.15. The molecule has 0 bridgehead atoms. The number of aryl methyl sites for hydroxylation is 2. The van der Waals surface area contributed by atoms with Crippen LogP contribution in [0, 0.1) is 6.92 Å². The molecule has 0 N–H and O–H groups in total. The fraction of sp³-hybridized carbons (Fsp3) is 0.0645. The summed E-state index contributed by atoms with van der Waals surface area (Å²) in [5.74, 6) is 0. The molecule has 0 amide bonds. The zero-order chi connectivity index (χ0) is 22.8. The number of benzene rings is 4. The van der Waals surface area contributed by atoms with Gasteiger partial charge in [0.1, 0.15) is 12.6 Å². The van der Waals surface area contributed by atoms with Gasteiger partial charge in [-0.3, -0.25) is 0 Å². The second kappa shape index (κ2) is 7.06. The molecule has 0 radical (unpaired) electrons. The molecule has 7 aromatic rings. The molecular weight excluding hydrogens is 416 g/mol. The Labute approximate surface area is 197 Å². The quantitative estimate of drug-likeness (QED) is 0.256. The lowest BCUT2D eigenvalue weighted by Crippen LogP contribution is -2.32. The lowest BCUT2D eigenvalue weighted by Gasteiger charge is -2.14. The first kappa shape index (κ1) is 19.1. The van der Waals surface area contributed by atoms with Crippen molar-refractivity contribution in [3.63, 3.8) is 0 Å². The molecular formula is C31H23N2O+. The predicted octanol–water partition coefficient (Wildman–Crippen LogP) is 7.48. The average Bonchev–Trinajstić information content (AvgIpc) is 3.46. The van der Waals surface area contributed by atoms with Crippen LogP contribution in [0.1, 0.15) is 5.56 Å². The SMILES string of the molecule is Cc1cc2ccoc2cc1-c1cc(-n2c3ccccc3c3ccccc32)c2ccccc2[n+]1C. The Morgan fingerprint density at radius 3 is 2.09 bits per heavy atom. The minimum absolute atomic E-state index is 0.909. The summed E-state index contributed by atoms with van der Waals surface area (Å²) < 4.78 is 10.5. The number of fused-ring (bicyclic) bond motifs is 5. The molecule has 7 rings (SSSR count). The maximum Gasteiger partial charge on any atom is 0.215 e. The largest absolute Gasteiger partial charge is 0.464 e. The van der Waals surface area contributed by atoms with Gasteiger partial charge in [0, 0.05) is 28.3 Å².